The van der Waals surface area contributed by atoms with Crippen molar-refractivity contribution in [3.05, 3.63) is 69.8 Å². The molecule has 3 heterocycles. The average molecular weight is 1020 g/mol. The maximum Gasteiger partial charge on any atom is 0.329 e. The van der Waals surface area contributed by atoms with Gasteiger partial charge in [-0.2, -0.15) is 35.3 Å². The Bertz CT molecular complexity index is 1930. The second kappa shape index (κ2) is 26.0. The predicted octanol–water partition coefficient (Wildman–Crippen LogP) is -1.76. The third-order valence-corrected chi connectivity index (χ3v) is 13.3. The van der Waals surface area contributed by atoms with Crippen LogP contribution in [0.25, 0.3) is 0 Å². The molecule has 6 bridgehead atoms. The van der Waals surface area contributed by atoms with Gasteiger partial charge in [0.1, 0.15) is 36.3 Å². The summed E-state index contributed by atoms with van der Waals surface area (Å²) in [7, 11) is 6.22. The van der Waals surface area contributed by atoms with Crippen molar-refractivity contribution in [1.29, 1.82) is 0 Å². The first-order valence-electron chi connectivity index (χ1n) is 20.2. The summed E-state index contributed by atoms with van der Waals surface area (Å²) in [5.41, 5.74) is -2.34. The Labute approximate surface area is 406 Å². The highest BCUT2D eigenvalue weighted by molar-refractivity contribution is 7.99. The van der Waals surface area contributed by atoms with Crippen molar-refractivity contribution in [3.63, 3.8) is 0 Å². The zero-order valence-electron chi connectivity index (χ0n) is 37.7. The fraction of sp³-hybridized carbons (Fsp3) is 0.429. The molecular weight excluding hydrogens is 973 g/mol. The molecule has 0 saturated carbocycles. The molecule has 0 radical (unpaired) electrons. The van der Waals surface area contributed by atoms with Crippen LogP contribution in [0, 0.1) is 0 Å². The van der Waals surface area contributed by atoms with Crippen molar-refractivity contribution in [2.75, 3.05) is 77.2 Å². The van der Waals surface area contributed by atoms with Crippen LogP contribution in [0.4, 0.5) is 0 Å². The van der Waals surface area contributed by atoms with Gasteiger partial charge in [-0.3, -0.25) is 28.8 Å². The molecule has 6 atom stereocenters. The second-order valence-electron chi connectivity index (χ2n) is 14.5. The lowest BCUT2D eigenvalue weighted by atomic mass is 10.0. The van der Waals surface area contributed by atoms with Gasteiger partial charge < -0.3 is 60.3 Å². The number of carbonyl (C=O) groups excluding carboxylic acids is 12. The Balaban J connectivity index is 2.02. The van der Waals surface area contributed by atoms with Crippen LogP contribution >= 0.6 is 35.3 Å². The summed E-state index contributed by atoms with van der Waals surface area (Å²) in [6, 6.07) is -2.58. The number of rotatable bonds is 6. The Morgan fingerprint density at radius 3 is 0.565 bits per heavy atom. The number of hydrogen-bond donors (Lipinski definition) is 6. The predicted molar refractivity (Wildman–Crippen MR) is 244 cm³/mol. The van der Waals surface area contributed by atoms with Gasteiger partial charge in [0.15, 0.2) is 0 Å². The van der Waals surface area contributed by atoms with Crippen LogP contribution < -0.4 is 31.9 Å². The van der Waals surface area contributed by atoms with Gasteiger partial charge in [-0.25, -0.2) is 28.8 Å². The van der Waals surface area contributed by atoms with Crippen LogP contribution in [-0.4, -0.2) is 185 Å². The SMILES string of the molecule is COC(=O)C1CSCC(C(=O)OC)NC(=O)c2cc3cc(c2)C(=O)NC(C(=O)OC)CSCC(C(=O)OC)NC(=O)c2cc(cc(c2)C(=O)NC(C(=O)OC)CSCC(C(=O)OC)NC3=O)C(=O)N1. The van der Waals surface area contributed by atoms with E-state index in [1.54, 1.807) is 0 Å². The summed E-state index contributed by atoms with van der Waals surface area (Å²) in [5, 5.41) is 14.8. The van der Waals surface area contributed by atoms with Gasteiger partial charge in [0.05, 0.1) is 42.7 Å². The smallest absolute Gasteiger partial charge is 0.329 e. The van der Waals surface area contributed by atoms with Crippen molar-refractivity contribution in [3.8, 4) is 0 Å². The largest absolute Gasteiger partial charge is 0.467 e. The minimum atomic E-state index is -1.47. The second-order valence-corrected chi connectivity index (χ2v) is 17.7. The molecule has 27 heteroatoms. The molecule has 3 aliphatic rings. The third kappa shape index (κ3) is 15.1. The quantitative estimate of drug-likeness (QED) is 0.138. The molecule has 6 N–H and O–H groups in total. The highest BCUT2D eigenvalue weighted by Gasteiger charge is 2.33. The van der Waals surface area contributed by atoms with Crippen LogP contribution in [0.3, 0.4) is 0 Å². The number of nitrogens with one attached hydrogen (secondary N) is 6. The van der Waals surface area contributed by atoms with E-state index in [9.17, 15) is 57.5 Å². The Hall–Kier alpha value is -6.87. The number of methoxy groups -OCH3 is 6. The van der Waals surface area contributed by atoms with Crippen LogP contribution in [0.1, 0.15) is 62.1 Å². The third-order valence-electron chi connectivity index (χ3n) is 9.89. The zero-order chi connectivity index (χ0) is 50.9. The first kappa shape index (κ1) is 54.7. The normalized spacial score (nSPS) is 22.2. The topological polar surface area (TPSA) is 332 Å². The minimum absolute atomic E-state index is 0.311. The average Bonchev–Trinajstić information content (AvgIpc) is 3.36. The molecule has 2 aromatic carbocycles. The highest BCUT2D eigenvalue weighted by Crippen LogP contribution is 2.19. The Morgan fingerprint density at radius 1 is 0.319 bits per heavy atom. The first-order chi connectivity index (χ1) is 32.9. The number of thioether (sulfide) groups is 3. The molecule has 24 nitrogen and oxygen atoms in total. The van der Waals surface area contributed by atoms with E-state index in [2.05, 4.69) is 31.9 Å². The minimum Gasteiger partial charge on any atom is -0.467 e. The molecule has 3 aliphatic heterocycles. The number of benzene rings is 2. The van der Waals surface area contributed by atoms with Crippen LogP contribution in [0.15, 0.2) is 36.4 Å². The maximum atomic E-state index is 14.0. The van der Waals surface area contributed by atoms with E-state index in [1.807, 2.05) is 0 Å². The molecule has 0 aliphatic carbocycles. The van der Waals surface area contributed by atoms with E-state index in [0.717, 1.165) is 114 Å². The molecule has 6 unspecified atom stereocenters. The number of fused-ring (bicyclic) bond motifs is 24. The van der Waals surface area contributed by atoms with Crippen molar-refractivity contribution in [2.24, 2.45) is 0 Å². The molecule has 0 aromatic heterocycles. The fourth-order valence-electron chi connectivity index (χ4n) is 6.27. The van der Waals surface area contributed by atoms with Crippen molar-refractivity contribution < 1.29 is 86.0 Å². The van der Waals surface area contributed by atoms with Crippen LogP contribution in [-0.2, 0) is 57.2 Å². The van der Waals surface area contributed by atoms with Gasteiger partial charge in [-0.1, -0.05) is 0 Å². The molecule has 0 spiro atoms. The summed E-state index contributed by atoms with van der Waals surface area (Å²) in [5.74, 6) is -13.8. The molecule has 69 heavy (non-hydrogen) atoms. The van der Waals surface area contributed by atoms with Gasteiger partial charge in [-0.05, 0) is 36.4 Å². The summed E-state index contributed by atoms with van der Waals surface area (Å²) >= 11 is 2.58. The van der Waals surface area contributed by atoms with Crippen LogP contribution in [0.2, 0.25) is 0 Å². The van der Waals surface area contributed by atoms with Crippen molar-refractivity contribution in [1.82, 2.24) is 31.9 Å². The molecule has 372 valence electrons. The molecule has 0 saturated heterocycles. The van der Waals surface area contributed by atoms with E-state index < -0.39 is 141 Å². The molecule has 0 fully saturated rings. The molecule has 6 amide bonds. The summed E-state index contributed by atoms with van der Waals surface area (Å²) < 4.78 is 29.4. The zero-order valence-corrected chi connectivity index (χ0v) is 40.2. The Kier molecular flexibility index (Phi) is 20.7. The molecular formula is C42H48N6O18S3. The van der Waals surface area contributed by atoms with E-state index in [0.29, 0.717) is 0 Å². The van der Waals surface area contributed by atoms with Gasteiger partial charge >= 0.3 is 35.8 Å². The van der Waals surface area contributed by atoms with Crippen molar-refractivity contribution in [2.45, 2.75) is 36.3 Å². The van der Waals surface area contributed by atoms with E-state index in [1.165, 1.54) is 0 Å². The number of amides is 6. The number of ether oxygens (including phenoxy) is 6. The monoisotopic (exact) mass is 1020 g/mol. The fourth-order valence-corrected chi connectivity index (χ4v) is 9.41. The number of carbonyl (C=O) groups is 12. The van der Waals surface area contributed by atoms with Gasteiger partial charge in [0, 0.05) is 67.9 Å². The lowest BCUT2D eigenvalue weighted by Gasteiger charge is -2.22. The first-order valence-corrected chi connectivity index (χ1v) is 23.7. The number of esters is 6. The number of hydrogen-bond acceptors (Lipinski definition) is 21. The maximum absolute atomic E-state index is 14.0. The summed E-state index contributed by atoms with van der Waals surface area (Å²) in [6.07, 6.45) is 0. The Morgan fingerprint density at radius 2 is 0.449 bits per heavy atom. The molecule has 5 rings (SSSR count). The van der Waals surface area contributed by atoms with E-state index in [-0.39, 0.29) is 34.5 Å². The lowest BCUT2D eigenvalue weighted by molar-refractivity contribution is -0.143. The lowest BCUT2D eigenvalue weighted by Crippen LogP contribution is -2.47. The standard InChI is InChI=1S/C42H48N6O18S3/c1-61-37(55)25-13-67-14-26(38(56)62-2)44-34(52)22-10-23-12-24(11-22)36(54)48-30(42(60)66-6)18-69-16-28(40(58)64-4)46-33(51)21-8-19(31(49)43-25)7-20(9-21)32(50)45-27(39(57)63-3)15-68-17-29(41(59)65-5)47-35(23)53/h7-12,25-30H,13-18H2,1-6H3,(H,43,49)(H,44,52)(H,45,50)(H,46,51)(H,47,53)(H,48,54). The summed E-state index contributed by atoms with van der Waals surface area (Å²) in [4.78, 5) is 162. The van der Waals surface area contributed by atoms with Crippen LogP contribution in [0.5, 0.6) is 0 Å². The highest BCUT2D eigenvalue weighted by atomic mass is 32.2. The van der Waals surface area contributed by atoms with Gasteiger partial charge in [0.25, 0.3) is 35.4 Å². The van der Waals surface area contributed by atoms with Gasteiger partial charge in [-0.15, -0.1) is 0 Å². The summed E-state index contributed by atoms with van der Waals surface area (Å²) in [6.45, 7) is 0. The molecule has 2 aromatic rings. The van der Waals surface area contributed by atoms with Gasteiger partial charge in [0.2, 0.25) is 0 Å². The van der Waals surface area contributed by atoms with E-state index in [4.69, 9.17) is 28.4 Å². The van der Waals surface area contributed by atoms with Crippen molar-refractivity contribution >= 4 is 107 Å². The van der Waals surface area contributed by atoms with E-state index >= 15 is 0 Å².